The van der Waals surface area contributed by atoms with Crippen LogP contribution in [0.1, 0.15) is 24.8 Å². The smallest absolute Gasteiger partial charge is 0.247 e. The third-order valence-electron chi connectivity index (χ3n) is 5.03. The van der Waals surface area contributed by atoms with E-state index in [1.807, 2.05) is 48.5 Å². The minimum atomic E-state index is -0.238. The van der Waals surface area contributed by atoms with Gasteiger partial charge in [-0.1, -0.05) is 42.5 Å². The molecule has 0 saturated heterocycles. The molecule has 0 unspecified atom stereocenters. The number of hydrazone groups is 1. The highest BCUT2D eigenvalue weighted by Crippen LogP contribution is 2.21. The van der Waals surface area contributed by atoms with Gasteiger partial charge in [0.25, 0.3) is 0 Å². The largest absolute Gasteiger partial charge is 0.328 e. The van der Waals surface area contributed by atoms with Gasteiger partial charge in [-0.2, -0.15) is 5.10 Å². The standard InChI is InChI=1S/C24H22N4O3/c29-22-10-9-19(16-25-22)18-7-4-8-20(15-18)26-23(30)11-12-24(31)28-14-13-21(27-28)17-5-2-1-3-6-17/h1-10,15-16H,11-14H2,(H,25,29)(H,26,30). The molecule has 1 aliphatic rings. The molecule has 3 aromatic rings. The van der Waals surface area contributed by atoms with Gasteiger partial charge >= 0.3 is 0 Å². The molecule has 1 aliphatic heterocycles. The molecule has 2 aromatic carbocycles. The van der Waals surface area contributed by atoms with Crippen molar-refractivity contribution in [3.63, 3.8) is 0 Å². The predicted molar refractivity (Wildman–Crippen MR) is 120 cm³/mol. The molecule has 7 heteroatoms. The number of benzene rings is 2. The minimum absolute atomic E-state index is 0.0778. The zero-order valence-electron chi connectivity index (χ0n) is 16.9. The zero-order valence-corrected chi connectivity index (χ0v) is 16.9. The summed E-state index contributed by atoms with van der Waals surface area (Å²) < 4.78 is 0. The number of aromatic nitrogens is 1. The number of rotatable bonds is 6. The Morgan fingerprint density at radius 2 is 1.74 bits per heavy atom. The maximum Gasteiger partial charge on any atom is 0.247 e. The summed E-state index contributed by atoms with van der Waals surface area (Å²) in [6.45, 7) is 0.534. The second kappa shape index (κ2) is 9.21. The quantitative estimate of drug-likeness (QED) is 0.647. The van der Waals surface area contributed by atoms with E-state index in [0.29, 0.717) is 18.7 Å². The van der Waals surface area contributed by atoms with Crippen LogP contribution in [-0.2, 0) is 9.59 Å². The Labute approximate surface area is 179 Å². The number of nitrogens with one attached hydrogen (secondary N) is 2. The lowest BCUT2D eigenvalue weighted by Gasteiger charge is -2.11. The number of anilines is 1. The van der Waals surface area contributed by atoms with Gasteiger partial charge in [-0.3, -0.25) is 14.4 Å². The van der Waals surface area contributed by atoms with Gasteiger partial charge in [0.05, 0.1) is 12.3 Å². The predicted octanol–water partition coefficient (Wildman–Crippen LogP) is 3.40. The fourth-order valence-electron chi connectivity index (χ4n) is 3.41. The zero-order chi connectivity index (χ0) is 21.6. The number of hydrogen-bond acceptors (Lipinski definition) is 4. The van der Waals surface area contributed by atoms with Gasteiger partial charge in [-0.15, -0.1) is 0 Å². The lowest BCUT2D eigenvalue weighted by molar-refractivity contribution is -0.132. The van der Waals surface area contributed by atoms with E-state index in [1.165, 1.54) is 11.1 Å². The van der Waals surface area contributed by atoms with Crippen molar-refractivity contribution in [2.75, 3.05) is 11.9 Å². The molecule has 156 valence electrons. The summed E-state index contributed by atoms with van der Waals surface area (Å²) in [7, 11) is 0. The molecule has 1 aromatic heterocycles. The molecular formula is C24H22N4O3. The first-order chi connectivity index (χ1) is 15.1. The van der Waals surface area contributed by atoms with Gasteiger partial charge in [-0.05, 0) is 34.9 Å². The van der Waals surface area contributed by atoms with Crippen molar-refractivity contribution >= 4 is 23.2 Å². The Morgan fingerprint density at radius 1 is 0.935 bits per heavy atom. The lowest BCUT2D eigenvalue weighted by atomic mass is 10.1. The minimum Gasteiger partial charge on any atom is -0.328 e. The molecule has 0 fully saturated rings. The summed E-state index contributed by atoms with van der Waals surface area (Å²) in [5, 5.41) is 8.69. The molecule has 0 atom stereocenters. The van der Waals surface area contributed by atoms with Crippen molar-refractivity contribution in [2.45, 2.75) is 19.3 Å². The van der Waals surface area contributed by atoms with E-state index in [0.717, 1.165) is 22.4 Å². The summed E-state index contributed by atoms with van der Waals surface area (Å²) in [4.78, 5) is 38.7. The topological polar surface area (TPSA) is 94.6 Å². The number of aromatic amines is 1. The van der Waals surface area contributed by atoms with E-state index in [4.69, 9.17) is 0 Å². The van der Waals surface area contributed by atoms with Crippen LogP contribution in [0.15, 0.2) is 82.8 Å². The SMILES string of the molecule is O=C(CCC(=O)N1CCC(c2ccccc2)=N1)Nc1cccc(-c2ccc(=O)[nH]c2)c1. The Kier molecular flexibility index (Phi) is 6.03. The maximum absolute atomic E-state index is 12.5. The average Bonchev–Trinajstić information content (AvgIpc) is 3.29. The normalized spacial score (nSPS) is 13.0. The van der Waals surface area contributed by atoms with Crippen molar-refractivity contribution in [1.29, 1.82) is 0 Å². The van der Waals surface area contributed by atoms with Crippen molar-refractivity contribution in [1.82, 2.24) is 9.99 Å². The molecule has 2 amide bonds. The van der Waals surface area contributed by atoms with E-state index < -0.39 is 0 Å². The summed E-state index contributed by atoms with van der Waals surface area (Å²) in [5.74, 6) is -0.401. The average molecular weight is 414 g/mol. The first-order valence-electron chi connectivity index (χ1n) is 10.1. The van der Waals surface area contributed by atoms with Gasteiger partial charge in [-0.25, -0.2) is 5.01 Å². The van der Waals surface area contributed by atoms with Crippen molar-refractivity contribution in [3.05, 3.63) is 88.8 Å². The van der Waals surface area contributed by atoms with Gasteiger partial charge in [0, 0.05) is 37.2 Å². The summed E-state index contributed by atoms with van der Waals surface area (Å²) in [6.07, 6.45) is 2.51. The molecule has 0 saturated carbocycles. The third kappa shape index (κ3) is 5.14. The van der Waals surface area contributed by atoms with Crippen LogP contribution in [0.5, 0.6) is 0 Å². The molecule has 4 rings (SSSR count). The van der Waals surface area contributed by atoms with Gasteiger partial charge < -0.3 is 10.3 Å². The second-order valence-electron chi connectivity index (χ2n) is 7.25. The number of amides is 2. The van der Waals surface area contributed by atoms with Crippen LogP contribution in [0.2, 0.25) is 0 Å². The Hall–Kier alpha value is -4.00. The lowest BCUT2D eigenvalue weighted by Crippen LogP contribution is -2.25. The van der Waals surface area contributed by atoms with Gasteiger partial charge in [0.2, 0.25) is 17.4 Å². The Balaban J connectivity index is 1.32. The number of carbonyl (C=O) groups is 2. The number of pyridine rings is 1. The Morgan fingerprint density at radius 3 is 2.52 bits per heavy atom. The highest BCUT2D eigenvalue weighted by atomic mass is 16.2. The van der Waals surface area contributed by atoms with Crippen molar-refractivity contribution < 1.29 is 9.59 Å². The highest BCUT2D eigenvalue weighted by molar-refractivity contribution is 6.02. The van der Waals surface area contributed by atoms with Crippen molar-refractivity contribution in [2.24, 2.45) is 5.10 Å². The Bertz CT molecular complexity index is 1160. The third-order valence-corrected chi connectivity index (χ3v) is 5.03. The van der Waals surface area contributed by atoms with E-state index in [1.54, 1.807) is 18.3 Å². The number of H-pyrrole nitrogens is 1. The monoisotopic (exact) mass is 414 g/mol. The molecule has 2 heterocycles. The van der Waals surface area contributed by atoms with Gasteiger partial charge in [0.15, 0.2) is 0 Å². The molecule has 2 N–H and O–H groups in total. The fourth-order valence-corrected chi connectivity index (χ4v) is 3.41. The number of carbonyl (C=O) groups excluding carboxylic acids is 2. The molecule has 0 spiro atoms. The molecule has 31 heavy (non-hydrogen) atoms. The number of hydrogen-bond donors (Lipinski definition) is 2. The molecule has 0 bridgehead atoms. The van der Waals surface area contributed by atoms with Crippen LogP contribution < -0.4 is 10.9 Å². The molecule has 7 nitrogen and oxygen atoms in total. The van der Waals surface area contributed by atoms with E-state index in [2.05, 4.69) is 15.4 Å². The van der Waals surface area contributed by atoms with Crippen LogP contribution in [0.4, 0.5) is 5.69 Å². The first kappa shape index (κ1) is 20.3. The summed E-state index contributed by atoms with van der Waals surface area (Å²) in [6, 6.07) is 20.3. The fraction of sp³-hybridized carbons (Fsp3) is 0.167. The van der Waals surface area contributed by atoms with E-state index >= 15 is 0 Å². The first-order valence-corrected chi connectivity index (χ1v) is 10.1. The molecule has 0 radical (unpaired) electrons. The summed E-state index contributed by atoms with van der Waals surface area (Å²) in [5.41, 5.74) is 4.06. The van der Waals surface area contributed by atoms with Crippen LogP contribution >= 0.6 is 0 Å². The van der Waals surface area contributed by atoms with Crippen LogP contribution in [0.25, 0.3) is 11.1 Å². The van der Waals surface area contributed by atoms with Crippen LogP contribution in [0, 0.1) is 0 Å². The molecule has 0 aliphatic carbocycles. The van der Waals surface area contributed by atoms with Crippen LogP contribution in [0.3, 0.4) is 0 Å². The van der Waals surface area contributed by atoms with E-state index in [9.17, 15) is 14.4 Å². The van der Waals surface area contributed by atoms with Gasteiger partial charge in [0.1, 0.15) is 0 Å². The van der Waals surface area contributed by atoms with Crippen LogP contribution in [-0.4, -0.2) is 34.1 Å². The second-order valence-corrected chi connectivity index (χ2v) is 7.25. The van der Waals surface area contributed by atoms with E-state index in [-0.39, 0.29) is 30.2 Å². The van der Waals surface area contributed by atoms with Crippen molar-refractivity contribution in [3.8, 4) is 11.1 Å². The molecular weight excluding hydrogens is 392 g/mol. The highest BCUT2D eigenvalue weighted by Gasteiger charge is 2.21. The number of nitrogens with zero attached hydrogens (tertiary/aromatic N) is 2. The summed E-state index contributed by atoms with van der Waals surface area (Å²) >= 11 is 0. The maximum atomic E-state index is 12.5.